The van der Waals surface area contributed by atoms with E-state index in [2.05, 4.69) is 20.6 Å². The predicted octanol–water partition coefficient (Wildman–Crippen LogP) is 4.00. The van der Waals surface area contributed by atoms with Crippen LogP contribution < -0.4 is 15.4 Å². The van der Waals surface area contributed by atoms with Gasteiger partial charge in [0, 0.05) is 18.4 Å². The van der Waals surface area contributed by atoms with Crippen LogP contribution in [-0.2, 0) is 6.18 Å². The summed E-state index contributed by atoms with van der Waals surface area (Å²) in [5.41, 5.74) is -0.630. The number of nitrogens with zero attached hydrogens (tertiary/aromatic N) is 2. The van der Waals surface area contributed by atoms with Crippen molar-refractivity contribution in [3.63, 3.8) is 0 Å². The predicted molar refractivity (Wildman–Crippen MR) is 81.5 cm³/mol. The lowest BCUT2D eigenvalue weighted by atomic mass is 10.3. The smallest absolute Gasteiger partial charge is 0.410 e. The van der Waals surface area contributed by atoms with E-state index in [-0.39, 0.29) is 5.95 Å². The molecule has 2 N–H and O–H groups in total. The van der Waals surface area contributed by atoms with Crippen LogP contribution in [0, 0.1) is 0 Å². The number of carbonyl (C=O) groups is 1. The summed E-state index contributed by atoms with van der Waals surface area (Å²) in [6.45, 7) is 2.19. The number of rotatable bonds is 4. The summed E-state index contributed by atoms with van der Waals surface area (Å²) in [5, 5.41) is 4.47. The Bertz CT molecular complexity index is 723. The average molecular weight is 361 g/mol. The maximum atomic E-state index is 12.6. The van der Waals surface area contributed by atoms with Crippen LogP contribution >= 0.6 is 11.6 Å². The van der Waals surface area contributed by atoms with Crippen molar-refractivity contribution in [2.75, 3.05) is 11.9 Å². The summed E-state index contributed by atoms with van der Waals surface area (Å²) in [5.74, 6) is 0.211. The number of carbonyl (C=O) groups excluding carboxylic acids is 1. The van der Waals surface area contributed by atoms with Crippen molar-refractivity contribution in [2.24, 2.45) is 0 Å². The second-order valence-corrected chi connectivity index (χ2v) is 4.82. The van der Waals surface area contributed by atoms with Crippen LogP contribution in [0.1, 0.15) is 12.5 Å². The quantitative estimate of drug-likeness (QED) is 0.806. The van der Waals surface area contributed by atoms with E-state index in [1.807, 2.05) is 0 Å². The number of hydrogen-bond donors (Lipinski definition) is 2. The summed E-state index contributed by atoms with van der Waals surface area (Å²) in [6, 6.07) is 6.10. The molecule has 2 rings (SSSR count). The van der Waals surface area contributed by atoms with Crippen molar-refractivity contribution in [1.29, 1.82) is 0 Å². The lowest BCUT2D eigenvalue weighted by Crippen LogP contribution is -2.26. The Balaban J connectivity index is 2.06. The summed E-state index contributed by atoms with van der Waals surface area (Å²) >= 11 is 5.52. The summed E-state index contributed by atoms with van der Waals surface area (Å²) in [7, 11) is 0. The van der Waals surface area contributed by atoms with Gasteiger partial charge in [0.1, 0.15) is 16.5 Å². The molecule has 6 nitrogen and oxygen atoms in total. The van der Waals surface area contributed by atoms with E-state index in [4.69, 9.17) is 16.3 Å². The summed E-state index contributed by atoms with van der Waals surface area (Å²) in [6.07, 6.45) is -4.60. The number of hydrogen-bond acceptors (Lipinski definition) is 5. The van der Waals surface area contributed by atoms with Crippen LogP contribution in [0.25, 0.3) is 0 Å². The molecule has 2 aromatic rings. The molecule has 0 fully saturated rings. The van der Waals surface area contributed by atoms with Crippen LogP contribution in [0.5, 0.6) is 5.75 Å². The minimum Gasteiger partial charge on any atom is -0.410 e. The Morgan fingerprint density at radius 1 is 1.29 bits per heavy atom. The fraction of sp³-hybridized carbons (Fsp3) is 0.214. The lowest BCUT2D eigenvalue weighted by molar-refractivity contribution is -0.137. The second-order valence-electron chi connectivity index (χ2n) is 4.47. The van der Waals surface area contributed by atoms with Gasteiger partial charge in [-0.1, -0.05) is 11.6 Å². The largest absolute Gasteiger partial charge is 0.420 e. The number of benzene rings is 1. The van der Waals surface area contributed by atoms with Crippen molar-refractivity contribution in [3.8, 4) is 5.75 Å². The minimum atomic E-state index is -4.62. The maximum Gasteiger partial charge on any atom is 0.420 e. The Morgan fingerprint density at radius 3 is 2.50 bits per heavy atom. The highest BCUT2D eigenvalue weighted by Gasteiger charge is 2.34. The van der Waals surface area contributed by atoms with Gasteiger partial charge in [-0.3, -0.25) is 0 Å². The number of aromatic nitrogens is 2. The first-order valence-electron chi connectivity index (χ1n) is 6.72. The highest BCUT2D eigenvalue weighted by Crippen LogP contribution is 2.33. The molecular formula is C14H12ClF3N4O2. The van der Waals surface area contributed by atoms with Gasteiger partial charge in [-0.15, -0.1) is 0 Å². The first-order chi connectivity index (χ1) is 11.3. The highest BCUT2D eigenvalue weighted by molar-refractivity contribution is 6.30. The zero-order chi connectivity index (χ0) is 17.7. The van der Waals surface area contributed by atoms with Crippen molar-refractivity contribution >= 4 is 29.3 Å². The lowest BCUT2D eigenvalue weighted by Gasteiger charge is -2.10. The van der Waals surface area contributed by atoms with Gasteiger partial charge in [0.25, 0.3) is 0 Å². The van der Waals surface area contributed by atoms with Gasteiger partial charge in [0.15, 0.2) is 0 Å². The van der Waals surface area contributed by atoms with E-state index in [1.165, 1.54) is 12.1 Å². The van der Waals surface area contributed by atoms with Gasteiger partial charge in [0.2, 0.25) is 5.95 Å². The van der Waals surface area contributed by atoms with Gasteiger partial charge >= 0.3 is 12.3 Å². The van der Waals surface area contributed by atoms with E-state index >= 15 is 0 Å². The SMILES string of the molecule is CCNC(=O)Oc1ccc(Nc2ncc(C(F)(F)F)c(Cl)n2)cc1. The van der Waals surface area contributed by atoms with Crippen LogP contribution in [0.3, 0.4) is 0 Å². The van der Waals surface area contributed by atoms with Gasteiger partial charge in [-0.05, 0) is 31.2 Å². The topological polar surface area (TPSA) is 76.1 Å². The van der Waals surface area contributed by atoms with Crippen LogP contribution in [0.2, 0.25) is 5.15 Å². The Morgan fingerprint density at radius 2 is 1.96 bits per heavy atom. The van der Waals surface area contributed by atoms with E-state index < -0.39 is 23.0 Å². The molecule has 0 saturated heterocycles. The first-order valence-corrected chi connectivity index (χ1v) is 7.10. The molecule has 0 aliphatic carbocycles. The Hall–Kier alpha value is -2.55. The summed E-state index contributed by atoms with van der Waals surface area (Å²) in [4.78, 5) is 18.4. The molecule has 0 saturated carbocycles. The van der Waals surface area contributed by atoms with E-state index in [1.54, 1.807) is 19.1 Å². The number of ether oxygens (including phenoxy) is 1. The third kappa shape index (κ3) is 4.72. The van der Waals surface area contributed by atoms with Crippen LogP contribution in [-0.4, -0.2) is 22.6 Å². The molecule has 1 aromatic heterocycles. The molecule has 0 unspecified atom stereocenters. The molecule has 10 heteroatoms. The molecule has 1 heterocycles. The van der Waals surface area contributed by atoms with Gasteiger partial charge < -0.3 is 15.4 Å². The fourth-order valence-electron chi connectivity index (χ4n) is 1.63. The van der Waals surface area contributed by atoms with Gasteiger partial charge in [-0.25, -0.2) is 14.8 Å². The zero-order valence-electron chi connectivity index (χ0n) is 12.3. The maximum absolute atomic E-state index is 12.6. The molecule has 0 atom stereocenters. The molecule has 0 radical (unpaired) electrons. The molecule has 1 amide bonds. The molecule has 0 aliphatic heterocycles. The number of alkyl halides is 3. The molecule has 1 aromatic carbocycles. The van der Waals surface area contributed by atoms with Crippen molar-refractivity contribution in [3.05, 3.63) is 41.2 Å². The Kier molecular flexibility index (Phi) is 5.45. The number of amides is 1. The van der Waals surface area contributed by atoms with Crippen LogP contribution in [0.4, 0.5) is 29.6 Å². The van der Waals surface area contributed by atoms with Gasteiger partial charge in [0.05, 0.1) is 0 Å². The number of anilines is 2. The normalized spacial score (nSPS) is 11.0. The second kappa shape index (κ2) is 7.35. The highest BCUT2D eigenvalue weighted by atomic mass is 35.5. The molecule has 0 bridgehead atoms. The van der Waals surface area contributed by atoms with Crippen molar-refractivity contribution in [1.82, 2.24) is 15.3 Å². The average Bonchev–Trinajstić information content (AvgIpc) is 2.48. The monoisotopic (exact) mass is 360 g/mol. The molecule has 128 valence electrons. The van der Waals surface area contributed by atoms with Gasteiger partial charge in [-0.2, -0.15) is 13.2 Å². The molecular weight excluding hydrogens is 349 g/mol. The molecule has 24 heavy (non-hydrogen) atoms. The fourth-order valence-corrected chi connectivity index (χ4v) is 1.87. The summed E-state index contributed by atoms with van der Waals surface area (Å²) < 4.78 is 42.7. The molecule has 0 spiro atoms. The Labute approximate surface area is 140 Å². The number of halogens is 4. The van der Waals surface area contributed by atoms with Crippen molar-refractivity contribution in [2.45, 2.75) is 13.1 Å². The minimum absolute atomic E-state index is 0.0922. The first kappa shape index (κ1) is 17.8. The third-order valence-corrected chi connectivity index (χ3v) is 2.98. The zero-order valence-corrected chi connectivity index (χ0v) is 13.1. The van der Waals surface area contributed by atoms with Crippen LogP contribution in [0.15, 0.2) is 30.5 Å². The number of nitrogens with one attached hydrogen (secondary N) is 2. The standard InChI is InChI=1S/C14H12ClF3N4O2/c1-2-19-13(23)24-9-5-3-8(4-6-9)21-12-20-7-10(11(15)22-12)14(16,17)18/h3-7H,2H2,1H3,(H,19,23)(H,20,21,22). The van der Waals surface area contributed by atoms with Crippen molar-refractivity contribution < 1.29 is 22.7 Å². The third-order valence-electron chi connectivity index (χ3n) is 2.69. The van der Waals surface area contributed by atoms with E-state index in [0.29, 0.717) is 24.2 Å². The van der Waals surface area contributed by atoms with E-state index in [9.17, 15) is 18.0 Å². The van der Waals surface area contributed by atoms with E-state index in [0.717, 1.165) is 0 Å². The molecule has 0 aliphatic rings.